The minimum absolute atomic E-state index is 0.0679. The quantitative estimate of drug-likeness (QED) is 0.746. The van der Waals surface area contributed by atoms with E-state index in [1.54, 1.807) is 20.3 Å². The Balaban J connectivity index is 1.63. The average Bonchev–Trinajstić information content (AvgIpc) is 3.19. The molecule has 1 aromatic carbocycles. The molecule has 0 aliphatic heterocycles. The fourth-order valence-electron chi connectivity index (χ4n) is 3.88. The summed E-state index contributed by atoms with van der Waals surface area (Å²) in [5, 5.41) is 3.72. The SMILES string of the molecule is COc1ccc(OC)c2[nH]c(=O)c(CCNC(=O)CCC3CCCC3)cc12. The minimum atomic E-state index is -0.172. The van der Waals surface area contributed by atoms with Gasteiger partial charge in [-0.1, -0.05) is 25.7 Å². The Kier molecular flexibility index (Phi) is 6.37. The predicted octanol–water partition coefficient (Wildman–Crippen LogP) is 3.17. The number of ether oxygens (including phenoxy) is 2. The monoisotopic (exact) mass is 372 g/mol. The third-order valence-corrected chi connectivity index (χ3v) is 5.43. The molecule has 1 saturated carbocycles. The lowest BCUT2D eigenvalue weighted by molar-refractivity contribution is -0.121. The second-order valence-corrected chi connectivity index (χ2v) is 7.17. The number of nitrogens with one attached hydrogen (secondary N) is 2. The van der Waals surface area contributed by atoms with Crippen LogP contribution in [-0.4, -0.2) is 31.7 Å². The number of amides is 1. The number of fused-ring (bicyclic) bond motifs is 1. The van der Waals surface area contributed by atoms with E-state index in [2.05, 4.69) is 10.3 Å². The zero-order chi connectivity index (χ0) is 19.2. The third kappa shape index (κ3) is 4.62. The minimum Gasteiger partial charge on any atom is -0.496 e. The van der Waals surface area contributed by atoms with Crippen molar-refractivity contribution in [3.05, 3.63) is 34.1 Å². The van der Waals surface area contributed by atoms with Gasteiger partial charge in [0.15, 0.2) is 0 Å². The molecule has 2 aromatic rings. The van der Waals surface area contributed by atoms with Gasteiger partial charge in [-0.25, -0.2) is 0 Å². The molecule has 0 saturated heterocycles. The maximum atomic E-state index is 12.4. The van der Waals surface area contributed by atoms with Gasteiger partial charge in [-0.3, -0.25) is 9.59 Å². The first-order valence-corrected chi connectivity index (χ1v) is 9.66. The molecular weight excluding hydrogens is 344 g/mol. The summed E-state index contributed by atoms with van der Waals surface area (Å²) in [6.07, 6.45) is 7.12. The normalized spacial score (nSPS) is 14.4. The van der Waals surface area contributed by atoms with E-state index < -0.39 is 0 Å². The third-order valence-electron chi connectivity index (χ3n) is 5.43. The van der Waals surface area contributed by atoms with Crippen LogP contribution in [0.1, 0.15) is 44.1 Å². The highest BCUT2D eigenvalue weighted by atomic mass is 16.5. The highest BCUT2D eigenvalue weighted by Gasteiger charge is 2.16. The number of methoxy groups -OCH3 is 2. The van der Waals surface area contributed by atoms with Crippen molar-refractivity contribution in [2.45, 2.75) is 44.9 Å². The molecule has 3 rings (SSSR count). The first kappa shape index (κ1) is 19.3. The number of carbonyl (C=O) groups is 1. The van der Waals surface area contributed by atoms with Crippen LogP contribution in [0.3, 0.4) is 0 Å². The van der Waals surface area contributed by atoms with E-state index in [-0.39, 0.29) is 11.5 Å². The molecule has 1 heterocycles. The van der Waals surface area contributed by atoms with Crippen LogP contribution in [0.5, 0.6) is 11.5 Å². The molecule has 1 amide bonds. The summed E-state index contributed by atoms with van der Waals surface area (Å²) in [6, 6.07) is 5.40. The molecule has 1 aliphatic rings. The molecule has 6 nitrogen and oxygen atoms in total. The Labute approximate surface area is 159 Å². The second kappa shape index (κ2) is 8.93. The number of hydrogen-bond donors (Lipinski definition) is 2. The van der Waals surface area contributed by atoms with E-state index in [1.807, 2.05) is 12.1 Å². The van der Waals surface area contributed by atoms with Crippen LogP contribution in [0.15, 0.2) is 23.0 Å². The summed E-state index contributed by atoms with van der Waals surface area (Å²) in [5.74, 6) is 2.04. The summed E-state index contributed by atoms with van der Waals surface area (Å²) in [5.41, 5.74) is 1.06. The van der Waals surface area contributed by atoms with Crippen molar-refractivity contribution in [1.82, 2.24) is 10.3 Å². The van der Waals surface area contributed by atoms with Crippen molar-refractivity contribution in [2.75, 3.05) is 20.8 Å². The smallest absolute Gasteiger partial charge is 0.251 e. The molecule has 1 aliphatic carbocycles. The van der Waals surface area contributed by atoms with Gasteiger partial charge in [-0.05, 0) is 37.0 Å². The summed E-state index contributed by atoms with van der Waals surface area (Å²) in [6.45, 7) is 0.449. The number of benzene rings is 1. The topological polar surface area (TPSA) is 80.4 Å². The standard InChI is InChI=1S/C21H28N2O4/c1-26-17-8-9-18(27-2)20-16(17)13-15(21(25)23-20)11-12-22-19(24)10-7-14-5-3-4-6-14/h8-9,13-14H,3-7,10-12H2,1-2H3,(H,22,24)(H,23,25). The maximum Gasteiger partial charge on any atom is 0.251 e. The molecule has 27 heavy (non-hydrogen) atoms. The maximum absolute atomic E-state index is 12.4. The Morgan fingerprint density at radius 2 is 1.89 bits per heavy atom. The summed E-state index contributed by atoms with van der Waals surface area (Å²) in [7, 11) is 3.16. The van der Waals surface area contributed by atoms with Crippen molar-refractivity contribution >= 4 is 16.8 Å². The Bertz CT molecular complexity index is 853. The van der Waals surface area contributed by atoms with Crippen LogP contribution in [0.2, 0.25) is 0 Å². The van der Waals surface area contributed by atoms with Crippen molar-refractivity contribution in [3.8, 4) is 11.5 Å². The van der Waals surface area contributed by atoms with E-state index in [1.165, 1.54) is 25.7 Å². The predicted molar refractivity (Wildman–Crippen MR) is 106 cm³/mol. The van der Waals surface area contributed by atoms with Crippen LogP contribution in [0.25, 0.3) is 10.9 Å². The van der Waals surface area contributed by atoms with Gasteiger partial charge in [-0.2, -0.15) is 0 Å². The summed E-state index contributed by atoms with van der Waals surface area (Å²) in [4.78, 5) is 27.3. The highest BCUT2D eigenvalue weighted by Crippen LogP contribution is 2.31. The molecular formula is C21H28N2O4. The lowest BCUT2D eigenvalue weighted by Gasteiger charge is -2.11. The van der Waals surface area contributed by atoms with Crippen LogP contribution in [0.4, 0.5) is 0 Å². The van der Waals surface area contributed by atoms with Gasteiger partial charge in [0.2, 0.25) is 5.91 Å². The number of aromatic nitrogens is 1. The molecule has 0 atom stereocenters. The van der Waals surface area contributed by atoms with E-state index >= 15 is 0 Å². The number of pyridine rings is 1. The van der Waals surface area contributed by atoms with Crippen molar-refractivity contribution in [2.24, 2.45) is 5.92 Å². The second-order valence-electron chi connectivity index (χ2n) is 7.17. The Hall–Kier alpha value is -2.50. The molecule has 1 fully saturated rings. The van der Waals surface area contributed by atoms with Gasteiger partial charge in [0.25, 0.3) is 5.56 Å². The van der Waals surface area contributed by atoms with Crippen LogP contribution in [0, 0.1) is 5.92 Å². The van der Waals surface area contributed by atoms with Crippen LogP contribution in [-0.2, 0) is 11.2 Å². The van der Waals surface area contributed by atoms with E-state index in [4.69, 9.17) is 9.47 Å². The van der Waals surface area contributed by atoms with Crippen molar-refractivity contribution in [1.29, 1.82) is 0 Å². The van der Waals surface area contributed by atoms with Gasteiger partial charge in [0.1, 0.15) is 11.5 Å². The average molecular weight is 372 g/mol. The first-order valence-electron chi connectivity index (χ1n) is 9.66. The fourth-order valence-corrected chi connectivity index (χ4v) is 3.88. The largest absolute Gasteiger partial charge is 0.496 e. The lowest BCUT2D eigenvalue weighted by atomic mass is 10.0. The van der Waals surface area contributed by atoms with E-state index in [0.717, 1.165) is 11.8 Å². The van der Waals surface area contributed by atoms with E-state index in [9.17, 15) is 9.59 Å². The molecule has 1 aromatic heterocycles. The number of H-pyrrole nitrogens is 1. The molecule has 2 N–H and O–H groups in total. The highest BCUT2D eigenvalue weighted by molar-refractivity contribution is 5.90. The first-order chi connectivity index (χ1) is 13.1. The number of aromatic amines is 1. The fraction of sp³-hybridized carbons (Fsp3) is 0.524. The van der Waals surface area contributed by atoms with Crippen molar-refractivity contribution < 1.29 is 14.3 Å². The molecule has 0 radical (unpaired) electrons. The number of hydrogen-bond acceptors (Lipinski definition) is 4. The summed E-state index contributed by atoms with van der Waals surface area (Å²) < 4.78 is 10.7. The zero-order valence-corrected chi connectivity index (χ0v) is 16.1. The molecule has 6 heteroatoms. The Morgan fingerprint density at radius 1 is 1.19 bits per heavy atom. The molecule has 0 bridgehead atoms. The van der Waals surface area contributed by atoms with Crippen LogP contribution >= 0.6 is 0 Å². The number of rotatable bonds is 8. The van der Waals surface area contributed by atoms with Gasteiger partial charge >= 0.3 is 0 Å². The Morgan fingerprint density at radius 3 is 2.59 bits per heavy atom. The van der Waals surface area contributed by atoms with Crippen LogP contribution < -0.4 is 20.3 Å². The molecule has 0 unspecified atom stereocenters. The lowest BCUT2D eigenvalue weighted by Crippen LogP contribution is -2.27. The van der Waals surface area contributed by atoms with Gasteiger partial charge < -0.3 is 19.8 Å². The zero-order valence-electron chi connectivity index (χ0n) is 16.1. The van der Waals surface area contributed by atoms with Crippen molar-refractivity contribution in [3.63, 3.8) is 0 Å². The number of carbonyl (C=O) groups excluding carboxylic acids is 1. The molecule has 0 spiro atoms. The van der Waals surface area contributed by atoms with E-state index in [0.29, 0.717) is 47.9 Å². The van der Waals surface area contributed by atoms with Gasteiger partial charge in [0.05, 0.1) is 19.7 Å². The summed E-state index contributed by atoms with van der Waals surface area (Å²) >= 11 is 0. The van der Waals surface area contributed by atoms with Gasteiger partial charge in [-0.15, -0.1) is 0 Å². The van der Waals surface area contributed by atoms with Gasteiger partial charge in [0, 0.05) is 23.9 Å². The molecule has 146 valence electrons.